The van der Waals surface area contributed by atoms with E-state index in [1.165, 1.54) is 11.8 Å². The van der Waals surface area contributed by atoms with Gasteiger partial charge in [-0.3, -0.25) is 14.7 Å². The van der Waals surface area contributed by atoms with E-state index in [9.17, 15) is 4.79 Å². The molecule has 3 aromatic rings. The fourth-order valence-corrected chi connectivity index (χ4v) is 4.44. The van der Waals surface area contributed by atoms with E-state index in [0.717, 1.165) is 26.9 Å². The van der Waals surface area contributed by atoms with Crippen LogP contribution in [0.3, 0.4) is 0 Å². The molecule has 0 spiro atoms. The van der Waals surface area contributed by atoms with Gasteiger partial charge in [0.15, 0.2) is 0 Å². The summed E-state index contributed by atoms with van der Waals surface area (Å²) in [6, 6.07) is 19.5. The summed E-state index contributed by atoms with van der Waals surface area (Å²) in [6.07, 6.45) is 5.30. The van der Waals surface area contributed by atoms with E-state index in [-0.39, 0.29) is 5.91 Å². The fraction of sp³-hybridized carbons (Fsp3) is 0.0870. The zero-order chi connectivity index (χ0) is 20.9. The lowest BCUT2D eigenvalue weighted by Gasteiger charge is -2.14. The molecule has 0 saturated carbocycles. The second-order valence-corrected chi connectivity index (χ2v) is 9.17. The first-order chi connectivity index (χ1) is 14.6. The van der Waals surface area contributed by atoms with E-state index in [1.54, 1.807) is 17.3 Å². The quantitative estimate of drug-likeness (QED) is 0.317. The number of thiocarbonyl (C=S) groups is 1. The van der Waals surface area contributed by atoms with Gasteiger partial charge in [0.1, 0.15) is 16.7 Å². The third kappa shape index (κ3) is 4.98. The van der Waals surface area contributed by atoms with Crippen LogP contribution < -0.4 is 4.74 Å². The zero-order valence-corrected chi connectivity index (χ0v) is 19.0. The van der Waals surface area contributed by atoms with E-state index in [4.69, 9.17) is 17.0 Å². The number of benzene rings is 2. The maximum Gasteiger partial charge on any atom is 0.266 e. The summed E-state index contributed by atoms with van der Waals surface area (Å²) in [5.41, 5.74) is 2.85. The fourth-order valence-electron chi connectivity index (χ4n) is 2.92. The summed E-state index contributed by atoms with van der Waals surface area (Å²) < 4.78 is 7.60. The molecule has 0 bridgehead atoms. The van der Waals surface area contributed by atoms with Gasteiger partial charge in [-0.2, -0.15) is 0 Å². The molecule has 1 aromatic heterocycles. The Labute approximate surface area is 193 Å². The number of carbonyl (C=O) groups is 1. The second-order valence-electron chi connectivity index (χ2n) is 6.58. The van der Waals surface area contributed by atoms with E-state index >= 15 is 0 Å². The summed E-state index contributed by atoms with van der Waals surface area (Å²) in [7, 11) is 0. The van der Waals surface area contributed by atoms with Gasteiger partial charge < -0.3 is 4.74 Å². The molecule has 1 saturated heterocycles. The van der Waals surface area contributed by atoms with Crippen molar-refractivity contribution in [1.29, 1.82) is 0 Å². The van der Waals surface area contributed by atoms with Crippen LogP contribution >= 0.6 is 39.9 Å². The maximum absolute atomic E-state index is 12.9. The van der Waals surface area contributed by atoms with Gasteiger partial charge in [0.2, 0.25) is 0 Å². The van der Waals surface area contributed by atoms with Crippen LogP contribution in [0.4, 0.5) is 0 Å². The molecule has 0 aliphatic carbocycles. The van der Waals surface area contributed by atoms with Crippen LogP contribution in [-0.2, 0) is 17.9 Å². The Hall–Kier alpha value is -2.48. The van der Waals surface area contributed by atoms with Gasteiger partial charge in [0.05, 0.1) is 11.4 Å². The van der Waals surface area contributed by atoms with Gasteiger partial charge in [-0.15, -0.1) is 0 Å². The molecule has 4 nitrogen and oxygen atoms in total. The van der Waals surface area contributed by atoms with Crippen molar-refractivity contribution in [2.75, 3.05) is 0 Å². The zero-order valence-electron chi connectivity index (χ0n) is 15.8. The second kappa shape index (κ2) is 9.55. The summed E-state index contributed by atoms with van der Waals surface area (Å²) in [6.45, 7) is 0.859. The average molecular weight is 497 g/mol. The minimum absolute atomic E-state index is 0.100. The van der Waals surface area contributed by atoms with Crippen LogP contribution in [0.25, 0.3) is 6.08 Å². The van der Waals surface area contributed by atoms with E-state index in [2.05, 4.69) is 20.9 Å². The highest BCUT2D eigenvalue weighted by atomic mass is 79.9. The van der Waals surface area contributed by atoms with Crippen LogP contribution in [0.15, 0.2) is 82.4 Å². The smallest absolute Gasteiger partial charge is 0.266 e. The molecule has 1 amide bonds. The predicted octanol–water partition coefficient (Wildman–Crippen LogP) is 5.82. The normalized spacial score (nSPS) is 15.1. The Morgan fingerprint density at radius 1 is 1.07 bits per heavy atom. The van der Waals surface area contributed by atoms with Gasteiger partial charge in [0.25, 0.3) is 5.91 Å². The number of para-hydroxylation sites is 1. The number of carbonyl (C=O) groups excluding carboxylic acids is 1. The van der Waals surface area contributed by atoms with E-state index < -0.39 is 0 Å². The minimum atomic E-state index is -0.100. The van der Waals surface area contributed by atoms with Gasteiger partial charge in [0, 0.05) is 22.4 Å². The Morgan fingerprint density at radius 2 is 1.87 bits per heavy atom. The van der Waals surface area contributed by atoms with Crippen molar-refractivity contribution in [3.63, 3.8) is 0 Å². The number of amides is 1. The first-order valence-electron chi connectivity index (χ1n) is 9.21. The van der Waals surface area contributed by atoms with Crippen LogP contribution in [0, 0.1) is 0 Å². The third-order valence-electron chi connectivity index (χ3n) is 4.45. The molecule has 0 N–H and O–H groups in total. The Balaban J connectivity index is 1.51. The lowest BCUT2D eigenvalue weighted by Crippen LogP contribution is -2.27. The van der Waals surface area contributed by atoms with Crippen molar-refractivity contribution in [2.45, 2.75) is 13.2 Å². The number of aromatic nitrogens is 1. The molecule has 0 radical (unpaired) electrons. The van der Waals surface area contributed by atoms with Crippen molar-refractivity contribution in [2.24, 2.45) is 0 Å². The molecule has 0 unspecified atom stereocenters. The van der Waals surface area contributed by atoms with Crippen molar-refractivity contribution in [3.8, 4) is 5.75 Å². The SMILES string of the molecule is O=C1/C(=C/c2ccccc2OCc2ccc(Br)cc2)SC(=S)N1Cc1cccnc1. The topological polar surface area (TPSA) is 42.4 Å². The Morgan fingerprint density at radius 3 is 2.63 bits per heavy atom. The van der Waals surface area contributed by atoms with Crippen molar-refractivity contribution in [3.05, 3.63) is 99.1 Å². The minimum Gasteiger partial charge on any atom is -0.488 e. The number of nitrogens with zero attached hydrogens (tertiary/aromatic N) is 2. The molecule has 30 heavy (non-hydrogen) atoms. The van der Waals surface area contributed by atoms with Gasteiger partial charge in [-0.05, 0) is 41.5 Å². The lowest BCUT2D eigenvalue weighted by molar-refractivity contribution is -0.122. The summed E-state index contributed by atoms with van der Waals surface area (Å²) in [5.74, 6) is 0.620. The largest absolute Gasteiger partial charge is 0.488 e. The first kappa shape index (κ1) is 20.8. The van der Waals surface area contributed by atoms with E-state index in [1.807, 2.05) is 66.7 Å². The molecule has 4 rings (SSSR count). The summed E-state index contributed by atoms with van der Waals surface area (Å²) in [4.78, 5) is 19.2. The number of hydrogen-bond donors (Lipinski definition) is 0. The van der Waals surface area contributed by atoms with Gasteiger partial charge in [-0.1, -0.05) is 76.3 Å². The van der Waals surface area contributed by atoms with Crippen molar-refractivity contribution < 1.29 is 9.53 Å². The third-order valence-corrected chi connectivity index (χ3v) is 6.36. The van der Waals surface area contributed by atoms with Crippen molar-refractivity contribution >= 4 is 56.2 Å². The van der Waals surface area contributed by atoms with Gasteiger partial charge in [-0.25, -0.2) is 0 Å². The highest BCUT2D eigenvalue weighted by molar-refractivity contribution is 9.10. The monoisotopic (exact) mass is 496 g/mol. The molecular formula is C23H17BrN2O2S2. The molecule has 1 fully saturated rings. The Kier molecular flexibility index (Phi) is 6.62. The van der Waals surface area contributed by atoms with Gasteiger partial charge >= 0.3 is 0 Å². The molecular weight excluding hydrogens is 480 g/mol. The van der Waals surface area contributed by atoms with Crippen molar-refractivity contribution in [1.82, 2.24) is 9.88 Å². The highest BCUT2D eigenvalue weighted by Crippen LogP contribution is 2.35. The first-order valence-corrected chi connectivity index (χ1v) is 11.2. The highest BCUT2D eigenvalue weighted by Gasteiger charge is 2.32. The molecule has 1 aliphatic rings. The van der Waals surface area contributed by atoms with Crippen LogP contribution in [0.1, 0.15) is 16.7 Å². The van der Waals surface area contributed by atoms with Crippen LogP contribution in [-0.4, -0.2) is 20.1 Å². The summed E-state index contributed by atoms with van der Waals surface area (Å²) in [5, 5.41) is 0. The Bertz CT molecular complexity index is 1100. The van der Waals surface area contributed by atoms with Crippen LogP contribution in [0.2, 0.25) is 0 Å². The molecule has 2 aromatic carbocycles. The number of halogens is 1. The molecule has 1 aliphatic heterocycles. The lowest BCUT2D eigenvalue weighted by atomic mass is 10.1. The number of hydrogen-bond acceptors (Lipinski definition) is 5. The number of pyridine rings is 1. The number of rotatable bonds is 6. The molecule has 0 atom stereocenters. The predicted molar refractivity (Wildman–Crippen MR) is 128 cm³/mol. The number of ether oxygens (including phenoxy) is 1. The average Bonchev–Trinajstić information content (AvgIpc) is 3.02. The standard InChI is InChI=1S/C23H17BrN2O2S2/c24-19-9-7-16(8-10-19)15-28-20-6-2-1-5-18(20)12-21-22(27)26(23(29)30-21)14-17-4-3-11-25-13-17/h1-13H,14-15H2/b21-12-. The van der Waals surface area contributed by atoms with E-state index in [0.29, 0.717) is 22.4 Å². The van der Waals surface area contributed by atoms with Crippen LogP contribution in [0.5, 0.6) is 5.75 Å². The maximum atomic E-state index is 12.9. The number of thioether (sulfide) groups is 1. The molecule has 2 heterocycles. The summed E-state index contributed by atoms with van der Waals surface area (Å²) >= 11 is 10.2. The molecule has 150 valence electrons. The molecule has 7 heteroatoms.